The monoisotopic (exact) mass is 422 g/mol. The lowest BCUT2D eigenvalue weighted by molar-refractivity contribution is -0.161. The van der Waals surface area contributed by atoms with Gasteiger partial charge in [-0.3, -0.25) is 9.59 Å². The molecule has 0 spiro atoms. The van der Waals surface area contributed by atoms with E-state index in [1.165, 1.54) is 51.4 Å². The van der Waals surface area contributed by atoms with Crippen LogP contribution < -0.4 is 0 Å². The SMILES string of the molecule is CCCCCCCCOC(=O)C1CC/C=C\CCC1C(=O)OCCCCCCCC. The molecule has 0 N–H and O–H groups in total. The Morgan fingerprint density at radius 2 is 1.00 bits per heavy atom. The summed E-state index contributed by atoms with van der Waals surface area (Å²) in [7, 11) is 0. The first kappa shape index (κ1) is 26.7. The van der Waals surface area contributed by atoms with Gasteiger partial charge in [0.2, 0.25) is 0 Å². The van der Waals surface area contributed by atoms with E-state index in [0.29, 0.717) is 26.1 Å². The second-order valence-electron chi connectivity index (χ2n) is 8.71. The van der Waals surface area contributed by atoms with E-state index in [1.807, 2.05) is 0 Å². The fourth-order valence-corrected chi connectivity index (χ4v) is 4.08. The normalized spacial score (nSPS) is 20.2. The molecule has 0 aromatic rings. The number of hydrogen-bond acceptors (Lipinski definition) is 4. The Morgan fingerprint density at radius 1 is 0.633 bits per heavy atom. The van der Waals surface area contributed by atoms with Gasteiger partial charge in [0, 0.05) is 0 Å². The lowest BCUT2D eigenvalue weighted by atomic mass is 9.83. The summed E-state index contributed by atoms with van der Waals surface area (Å²) in [5.74, 6) is -1.15. The van der Waals surface area contributed by atoms with E-state index in [0.717, 1.165) is 38.5 Å². The Bertz CT molecular complexity index is 430. The second kappa shape index (κ2) is 18.4. The summed E-state index contributed by atoms with van der Waals surface area (Å²) in [6.07, 6.45) is 21.2. The van der Waals surface area contributed by atoms with Crippen molar-refractivity contribution in [3.05, 3.63) is 12.2 Å². The number of allylic oxidation sites excluding steroid dienone is 2. The highest BCUT2D eigenvalue weighted by molar-refractivity contribution is 5.82. The smallest absolute Gasteiger partial charge is 0.309 e. The molecular formula is C26H46O4. The molecule has 0 amide bonds. The average molecular weight is 423 g/mol. The minimum atomic E-state index is -0.368. The van der Waals surface area contributed by atoms with Crippen LogP contribution in [0, 0.1) is 11.8 Å². The molecule has 174 valence electrons. The molecule has 1 aliphatic rings. The van der Waals surface area contributed by atoms with Crippen LogP contribution in [0.3, 0.4) is 0 Å². The molecule has 0 aromatic heterocycles. The third-order valence-corrected chi connectivity index (χ3v) is 6.03. The summed E-state index contributed by atoms with van der Waals surface area (Å²) < 4.78 is 11.1. The van der Waals surface area contributed by atoms with Crippen molar-refractivity contribution >= 4 is 11.9 Å². The van der Waals surface area contributed by atoms with Gasteiger partial charge >= 0.3 is 11.9 Å². The van der Waals surface area contributed by atoms with Crippen molar-refractivity contribution in [3.63, 3.8) is 0 Å². The highest BCUT2D eigenvalue weighted by Gasteiger charge is 2.35. The maximum atomic E-state index is 12.7. The van der Waals surface area contributed by atoms with Crippen LogP contribution in [0.2, 0.25) is 0 Å². The lowest BCUT2D eigenvalue weighted by Gasteiger charge is -2.25. The van der Waals surface area contributed by atoms with Crippen LogP contribution in [-0.2, 0) is 19.1 Å². The van der Waals surface area contributed by atoms with Gasteiger partial charge in [-0.2, -0.15) is 0 Å². The van der Waals surface area contributed by atoms with E-state index in [-0.39, 0.29) is 23.8 Å². The van der Waals surface area contributed by atoms with Gasteiger partial charge in [0.05, 0.1) is 25.0 Å². The Morgan fingerprint density at radius 3 is 1.40 bits per heavy atom. The van der Waals surface area contributed by atoms with Gasteiger partial charge in [-0.1, -0.05) is 90.2 Å². The predicted molar refractivity (Wildman–Crippen MR) is 123 cm³/mol. The van der Waals surface area contributed by atoms with Crippen LogP contribution in [0.15, 0.2) is 12.2 Å². The zero-order valence-electron chi connectivity index (χ0n) is 19.7. The number of ether oxygens (including phenoxy) is 2. The molecule has 0 radical (unpaired) electrons. The van der Waals surface area contributed by atoms with Gasteiger partial charge in [0.1, 0.15) is 0 Å². The third kappa shape index (κ3) is 12.4. The maximum absolute atomic E-state index is 12.7. The lowest BCUT2D eigenvalue weighted by Crippen LogP contribution is -2.33. The minimum absolute atomic E-state index is 0.208. The van der Waals surface area contributed by atoms with Gasteiger partial charge in [-0.25, -0.2) is 0 Å². The molecule has 4 heteroatoms. The van der Waals surface area contributed by atoms with E-state index < -0.39 is 0 Å². The Hall–Kier alpha value is -1.32. The first-order valence-corrected chi connectivity index (χ1v) is 12.7. The highest BCUT2D eigenvalue weighted by atomic mass is 16.5. The Labute approximate surface area is 185 Å². The van der Waals surface area contributed by atoms with E-state index in [9.17, 15) is 9.59 Å². The fourth-order valence-electron chi connectivity index (χ4n) is 4.08. The Balaban J connectivity index is 2.39. The molecule has 30 heavy (non-hydrogen) atoms. The van der Waals surface area contributed by atoms with Gasteiger partial charge in [0.15, 0.2) is 0 Å². The van der Waals surface area contributed by atoms with Crippen LogP contribution in [0.25, 0.3) is 0 Å². The van der Waals surface area contributed by atoms with Crippen molar-refractivity contribution in [1.82, 2.24) is 0 Å². The van der Waals surface area contributed by atoms with E-state index in [4.69, 9.17) is 9.47 Å². The van der Waals surface area contributed by atoms with Crippen LogP contribution in [0.1, 0.15) is 117 Å². The number of esters is 2. The zero-order valence-corrected chi connectivity index (χ0v) is 19.7. The first-order valence-electron chi connectivity index (χ1n) is 12.7. The summed E-state index contributed by atoms with van der Waals surface area (Å²) >= 11 is 0. The van der Waals surface area contributed by atoms with Crippen LogP contribution in [-0.4, -0.2) is 25.2 Å². The van der Waals surface area contributed by atoms with Gasteiger partial charge in [0.25, 0.3) is 0 Å². The van der Waals surface area contributed by atoms with Crippen LogP contribution in [0.5, 0.6) is 0 Å². The number of rotatable bonds is 16. The highest BCUT2D eigenvalue weighted by Crippen LogP contribution is 2.28. The quantitative estimate of drug-likeness (QED) is 0.150. The molecule has 2 unspecified atom stereocenters. The number of unbranched alkanes of at least 4 members (excludes halogenated alkanes) is 10. The molecule has 0 aliphatic heterocycles. The topological polar surface area (TPSA) is 52.6 Å². The summed E-state index contributed by atoms with van der Waals surface area (Å²) in [5.41, 5.74) is 0. The van der Waals surface area contributed by atoms with E-state index in [2.05, 4.69) is 26.0 Å². The van der Waals surface area contributed by atoms with Crippen molar-refractivity contribution in [2.24, 2.45) is 11.8 Å². The van der Waals surface area contributed by atoms with E-state index >= 15 is 0 Å². The van der Waals surface area contributed by atoms with Crippen LogP contribution >= 0.6 is 0 Å². The van der Waals surface area contributed by atoms with Crippen molar-refractivity contribution in [3.8, 4) is 0 Å². The maximum Gasteiger partial charge on any atom is 0.309 e. The van der Waals surface area contributed by atoms with Gasteiger partial charge in [-0.15, -0.1) is 0 Å². The largest absolute Gasteiger partial charge is 0.465 e. The predicted octanol–water partition coefficient (Wildman–Crippen LogP) is 7.16. The average Bonchev–Trinajstić information content (AvgIpc) is 2.72. The molecule has 0 fully saturated rings. The fraction of sp³-hybridized carbons (Fsp3) is 0.846. The number of hydrogen-bond donors (Lipinski definition) is 0. The summed E-state index contributed by atoms with van der Waals surface area (Å²) in [6.45, 7) is 5.36. The Kier molecular flexibility index (Phi) is 16.4. The molecule has 2 atom stereocenters. The van der Waals surface area contributed by atoms with Crippen molar-refractivity contribution in [2.75, 3.05) is 13.2 Å². The molecule has 0 saturated carbocycles. The zero-order chi connectivity index (χ0) is 21.9. The molecule has 0 saturated heterocycles. The standard InChI is InChI=1S/C26H46O4/c1-3-5-7-9-13-17-21-29-25(27)23-19-15-11-12-16-20-24(23)26(28)30-22-18-14-10-8-6-4-2/h11-12,23-24H,3-10,13-22H2,1-2H3/b12-11-. The second-order valence-corrected chi connectivity index (χ2v) is 8.71. The summed E-state index contributed by atoms with van der Waals surface area (Å²) in [5, 5.41) is 0. The van der Waals surface area contributed by atoms with Crippen molar-refractivity contribution < 1.29 is 19.1 Å². The minimum Gasteiger partial charge on any atom is -0.465 e. The molecule has 1 rings (SSSR count). The first-order chi connectivity index (χ1) is 14.7. The van der Waals surface area contributed by atoms with Crippen LogP contribution in [0.4, 0.5) is 0 Å². The van der Waals surface area contributed by atoms with E-state index in [1.54, 1.807) is 0 Å². The van der Waals surface area contributed by atoms with Crippen molar-refractivity contribution in [2.45, 2.75) is 117 Å². The molecular weight excluding hydrogens is 376 g/mol. The molecule has 0 aromatic carbocycles. The van der Waals surface area contributed by atoms with Gasteiger partial charge < -0.3 is 9.47 Å². The third-order valence-electron chi connectivity index (χ3n) is 6.03. The molecule has 0 heterocycles. The summed E-state index contributed by atoms with van der Waals surface area (Å²) in [6, 6.07) is 0. The number of carbonyl (C=O) groups is 2. The van der Waals surface area contributed by atoms with Gasteiger partial charge in [-0.05, 0) is 38.5 Å². The molecule has 0 bridgehead atoms. The summed E-state index contributed by atoms with van der Waals surface area (Å²) in [4.78, 5) is 25.5. The molecule has 1 aliphatic carbocycles. The molecule has 4 nitrogen and oxygen atoms in total. The number of carbonyl (C=O) groups excluding carboxylic acids is 2. The van der Waals surface area contributed by atoms with Crippen molar-refractivity contribution in [1.29, 1.82) is 0 Å².